The minimum absolute atomic E-state index is 0.0387. The first-order valence-corrected chi connectivity index (χ1v) is 12.5. The van der Waals surface area contributed by atoms with Gasteiger partial charge in [-0.05, 0) is 56.5 Å². The maximum atomic E-state index is 13.6. The van der Waals surface area contributed by atoms with Gasteiger partial charge >= 0.3 is 0 Å². The highest BCUT2D eigenvalue weighted by atomic mass is 19.1. The van der Waals surface area contributed by atoms with Crippen LogP contribution in [0, 0.1) is 17.7 Å². The van der Waals surface area contributed by atoms with Gasteiger partial charge in [-0.1, -0.05) is 19.1 Å². The number of aromatic nitrogens is 1. The van der Waals surface area contributed by atoms with Crippen molar-refractivity contribution in [2.24, 2.45) is 11.8 Å². The van der Waals surface area contributed by atoms with Crippen LogP contribution in [-0.4, -0.2) is 84.4 Å². The quantitative estimate of drug-likeness (QED) is 0.648. The number of nitrogens with zero attached hydrogens (tertiary/aromatic N) is 3. The van der Waals surface area contributed by atoms with Crippen LogP contribution in [-0.2, 0) is 4.74 Å². The average Bonchev–Trinajstić information content (AvgIpc) is 2.86. The lowest BCUT2D eigenvalue weighted by Gasteiger charge is -2.38. The molecule has 3 atom stereocenters. The van der Waals surface area contributed by atoms with E-state index in [2.05, 4.69) is 23.9 Å². The Bertz CT molecular complexity index is 996. The van der Waals surface area contributed by atoms with Gasteiger partial charge < -0.3 is 24.4 Å². The number of hydrogen-bond donors (Lipinski definition) is 1. The zero-order valence-corrected chi connectivity index (χ0v) is 20.8. The van der Waals surface area contributed by atoms with Crippen LogP contribution < -0.4 is 4.74 Å². The summed E-state index contributed by atoms with van der Waals surface area (Å²) in [6.45, 7) is 7.57. The predicted octanol–water partition coefficient (Wildman–Crippen LogP) is 3.47. The molecule has 3 heterocycles. The Morgan fingerprint density at radius 3 is 2.60 bits per heavy atom. The molecule has 1 aromatic carbocycles. The smallest absolute Gasteiger partial charge is 0.259 e. The highest BCUT2D eigenvalue weighted by molar-refractivity contribution is 5.98. The van der Waals surface area contributed by atoms with E-state index < -0.39 is 0 Å². The largest absolute Gasteiger partial charge is 0.472 e. The molecule has 0 unspecified atom stereocenters. The van der Waals surface area contributed by atoms with Gasteiger partial charge in [0.2, 0.25) is 5.88 Å². The van der Waals surface area contributed by atoms with E-state index in [-0.39, 0.29) is 36.4 Å². The molecule has 2 aliphatic rings. The molecular weight excluding hydrogens is 449 g/mol. The molecule has 2 aliphatic heterocycles. The van der Waals surface area contributed by atoms with Gasteiger partial charge in [-0.2, -0.15) is 0 Å². The maximum absolute atomic E-state index is 13.6. The number of rotatable bonds is 7. The maximum Gasteiger partial charge on any atom is 0.259 e. The molecule has 1 amide bonds. The molecule has 2 aromatic rings. The number of carbonyl (C=O) groups excluding carboxylic acids is 1. The Kier molecular flexibility index (Phi) is 8.36. The average molecular weight is 486 g/mol. The van der Waals surface area contributed by atoms with Crippen LogP contribution in [0.25, 0.3) is 11.1 Å². The Hall–Kier alpha value is -2.55. The fraction of sp³-hybridized carbons (Fsp3) is 0.556. The molecule has 0 saturated carbocycles. The van der Waals surface area contributed by atoms with E-state index in [1.807, 2.05) is 6.92 Å². The molecule has 1 saturated heterocycles. The Morgan fingerprint density at radius 1 is 1.20 bits per heavy atom. The number of pyridine rings is 1. The molecular formula is C27H36FN3O4. The number of halogens is 1. The number of amides is 1. The number of hydrogen-bond acceptors (Lipinski definition) is 6. The third-order valence-electron chi connectivity index (χ3n) is 7.10. The van der Waals surface area contributed by atoms with Crippen molar-refractivity contribution in [1.29, 1.82) is 0 Å². The van der Waals surface area contributed by atoms with Crippen LogP contribution in [0.4, 0.5) is 4.39 Å². The van der Waals surface area contributed by atoms with Crippen LogP contribution in [0.15, 0.2) is 36.5 Å². The Balaban J connectivity index is 1.62. The summed E-state index contributed by atoms with van der Waals surface area (Å²) in [6, 6.07) is 7.51. The van der Waals surface area contributed by atoms with Crippen molar-refractivity contribution in [1.82, 2.24) is 14.8 Å². The Morgan fingerprint density at radius 2 is 1.91 bits per heavy atom. The molecule has 190 valence electrons. The molecule has 1 aromatic heterocycles. The van der Waals surface area contributed by atoms with Crippen molar-refractivity contribution in [3.63, 3.8) is 0 Å². The van der Waals surface area contributed by atoms with Crippen LogP contribution in [0.5, 0.6) is 5.88 Å². The van der Waals surface area contributed by atoms with E-state index in [9.17, 15) is 14.3 Å². The van der Waals surface area contributed by atoms with Gasteiger partial charge in [0.15, 0.2) is 0 Å². The molecule has 0 bridgehead atoms. The molecule has 8 heteroatoms. The minimum Gasteiger partial charge on any atom is -0.472 e. The molecule has 1 N–H and O–H groups in total. The summed E-state index contributed by atoms with van der Waals surface area (Å²) in [5.74, 6) is 0.397. The van der Waals surface area contributed by atoms with E-state index in [1.54, 1.807) is 29.3 Å². The third-order valence-corrected chi connectivity index (χ3v) is 7.10. The van der Waals surface area contributed by atoms with Crippen molar-refractivity contribution >= 4 is 5.91 Å². The topological polar surface area (TPSA) is 75.1 Å². The van der Waals surface area contributed by atoms with Crippen molar-refractivity contribution in [3.8, 4) is 17.0 Å². The minimum atomic E-state index is -0.342. The summed E-state index contributed by atoms with van der Waals surface area (Å²) in [5, 5.41) is 9.86. The first kappa shape index (κ1) is 25.5. The van der Waals surface area contributed by atoms with Gasteiger partial charge in [0.1, 0.15) is 17.5 Å². The summed E-state index contributed by atoms with van der Waals surface area (Å²) >= 11 is 0. The van der Waals surface area contributed by atoms with E-state index in [0.717, 1.165) is 38.2 Å². The van der Waals surface area contributed by atoms with Gasteiger partial charge in [-0.3, -0.25) is 4.79 Å². The van der Waals surface area contributed by atoms with Gasteiger partial charge in [0.05, 0.1) is 12.6 Å². The van der Waals surface area contributed by atoms with Crippen molar-refractivity contribution in [3.05, 3.63) is 47.9 Å². The standard InChI is InChI=1S/C27H36FN3O4/c1-18-14-31(19(2)17-32)27(33)24-12-22(21-4-6-23(28)7-5-21)13-29-26(24)35-25(18)16-30(3)15-20-8-10-34-11-9-20/h4-7,12-13,18-20,25,32H,8-11,14-17H2,1-3H3/t18-,19-,25+/m0/s1. The number of aliphatic hydroxyl groups is 1. The number of carbonyl (C=O) groups is 1. The van der Waals surface area contributed by atoms with Crippen LogP contribution in [0.1, 0.15) is 37.0 Å². The van der Waals surface area contributed by atoms with Crippen LogP contribution in [0.2, 0.25) is 0 Å². The molecule has 4 rings (SSSR count). The first-order chi connectivity index (χ1) is 16.9. The lowest BCUT2D eigenvalue weighted by atomic mass is 9.97. The number of likely N-dealkylation sites (N-methyl/N-ethyl adjacent to an activating group) is 1. The molecule has 0 radical (unpaired) electrons. The number of fused-ring (bicyclic) bond motifs is 1. The highest BCUT2D eigenvalue weighted by Gasteiger charge is 2.34. The van der Waals surface area contributed by atoms with E-state index in [4.69, 9.17) is 9.47 Å². The van der Waals surface area contributed by atoms with Gasteiger partial charge in [-0.25, -0.2) is 9.37 Å². The fourth-order valence-corrected chi connectivity index (χ4v) is 4.87. The summed E-state index contributed by atoms with van der Waals surface area (Å²) in [6.07, 6.45) is 3.62. The third kappa shape index (κ3) is 6.18. The first-order valence-electron chi connectivity index (χ1n) is 12.5. The number of aliphatic hydroxyl groups excluding tert-OH is 1. The van der Waals surface area contributed by atoms with E-state index >= 15 is 0 Å². The lowest BCUT2D eigenvalue weighted by Crippen LogP contribution is -2.50. The molecule has 35 heavy (non-hydrogen) atoms. The van der Waals surface area contributed by atoms with Crippen molar-refractivity contribution in [2.75, 3.05) is 46.5 Å². The Labute approximate surface area is 206 Å². The SMILES string of the molecule is C[C@H]1CN([C@@H](C)CO)C(=O)c2cc(-c3ccc(F)cc3)cnc2O[C@@H]1CN(C)CC1CCOCC1. The summed E-state index contributed by atoms with van der Waals surface area (Å²) in [7, 11) is 2.11. The summed E-state index contributed by atoms with van der Waals surface area (Å²) in [5.41, 5.74) is 1.83. The second-order valence-corrected chi connectivity index (χ2v) is 9.98. The molecule has 7 nitrogen and oxygen atoms in total. The molecule has 0 spiro atoms. The zero-order valence-electron chi connectivity index (χ0n) is 20.8. The van der Waals surface area contributed by atoms with E-state index in [1.165, 1.54) is 12.1 Å². The van der Waals surface area contributed by atoms with Gasteiger partial charge in [-0.15, -0.1) is 0 Å². The van der Waals surface area contributed by atoms with Crippen LogP contribution >= 0.6 is 0 Å². The second-order valence-electron chi connectivity index (χ2n) is 9.98. The fourth-order valence-electron chi connectivity index (χ4n) is 4.87. The second kappa shape index (κ2) is 11.5. The lowest BCUT2D eigenvalue weighted by molar-refractivity contribution is 0.0254. The monoisotopic (exact) mass is 485 g/mol. The zero-order chi connectivity index (χ0) is 24.9. The van der Waals surface area contributed by atoms with Crippen molar-refractivity contribution < 1.29 is 23.8 Å². The molecule has 1 fully saturated rings. The van der Waals surface area contributed by atoms with Crippen LogP contribution in [0.3, 0.4) is 0 Å². The van der Waals surface area contributed by atoms with Crippen molar-refractivity contribution in [2.45, 2.75) is 38.8 Å². The summed E-state index contributed by atoms with van der Waals surface area (Å²) in [4.78, 5) is 22.1. The normalized spacial score (nSPS) is 22.3. The molecule has 0 aliphatic carbocycles. The van der Waals surface area contributed by atoms with Gasteiger partial charge in [0, 0.05) is 50.5 Å². The number of ether oxygens (including phenoxy) is 2. The predicted molar refractivity (Wildman–Crippen MR) is 132 cm³/mol. The van der Waals surface area contributed by atoms with E-state index in [0.29, 0.717) is 36.0 Å². The number of benzene rings is 1. The summed E-state index contributed by atoms with van der Waals surface area (Å²) < 4.78 is 25.3. The highest BCUT2D eigenvalue weighted by Crippen LogP contribution is 2.30. The van der Waals surface area contributed by atoms with Gasteiger partial charge in [0.25, 0.3) is 5.91 Å².